The molecule has 0 unspecified atom stereocenters. The summed E-state index contributed by atoms with van der Waals surface area (Å²) < 4.78 is 0. The summed E-state index contributed by atoms with van der Waals surface area (Å²) in [4.78, 5) is 14.0. The van der Waals surface area contributed by atoms with Crippen LogP contribution in [0.1, 0.15) is 15.9 Å². The van der Waals surface area contributed by atoms with Crippen molar-refractivity contribution < 1.29 is 4.79 Å². The number of rotatable bonds is 5. The van der Waals surface area contributed by atoms with E-state index in [-0.39, 0.29) is 5.91 Å². The van der Waals surface area contributed by atoms with E-state index in [4.69, 9.17) is 0 Å². The molecule has 2 rings (SSSR count). The van der Waals surface area contributed by atoms with E-state index in [1.165, 1.54) is 5.56 Å². The summed E-state index contributed by atoms with van der Waals surface area (Å²) in [6.45, 7) is 9.38. The molecule has 1 N–H and O–H groups in total. The summed E-state index contributed by atoms with van der Waals surface area (Å²) in [6, 6.07) is 5.86. The van der Waals surface area contributed by atoms with Crippen molar-refractivity contribution in [1.29, 1.82) is 0 Å². The average Bonchev–Trinajstić information content (AvgIpc) is 2.84. The minimum Gasteiger partial charge on any atom is -0.384 e. The Labute approximate surface area is 108 Å². The van der Waals surface area contributed by atoms with Crippen LogP contribution in [0.5, 0.6) is 0 Å². The maximum Gasteiger partial charge on any atom is 0.254 e. The molecule has 0 atom stereocenters. The van der Waals surface area contributed by atoms with Gasteiger partial charge in [0.15, 0.2) is 0 Å². The highest BCUT2D eigenvalue weighted by Gasteiger charge is 2.16. The molecule has 0 saturated heterocycles. The highest BCUT2D eigenvalue weighted by atomic mass is 16.2. The monoisotopic (exact) mass is 242 g/mol. The minimum atomic E-state index is 0.0197. The van der Waals surface area contributed by atoms with Crippen molar-refractivity contribution in [3.05, 3.63) is 54.6 Å². The standard InChI is InChI=1S/C15H18N2O/c1-3-9-17(10-4-2)15(18)13-6-5-12-7-8-16-14(12)11-13/h3-6,11,16H,1-2,7-10H2. The fraction of sp³-hybridized carbons (Fsp3) is 0.267. The van der Waals surface area contributed by atoms with E-state index in [1.807, 2.05) is 18.2 Å². The lowest BCUT2D eigenvalue weighted by molar-refractivity contribution is 0.0791. The number of carbonyl (C=O) groups excluding carboxylic acids is 1. The predicted molar refractivity (Wildman–Crippen MR) is 74.9 cm³/mol. The Balaban J connectivity index is 2.21. The molecule has 0 radical (unpaired) electrons. The fourth-order valence-corrected chi connectivity index (χ4v) is 2.16. The van der Waals surface area contributed by atoms with Crippen LogP contribution >= 0.6 is 0 Å². The summed E-state index contributed by atoms with van der Waals surface area (Å²) in [7, 11) is 0. The number of fused-ring (bicyclic) bond motifs is 1. The smallest absolute Gasteiger partial charge is 0.254 e. The summed E-state index contributed by atoms with van der Waals surface area (Å²) >= 11 is 0. The number of hydrogen-bond donors (Lipinski definition) is 1. The maximum absolute atomic E-state index is 12.3. The van der Waals surface area contributed by atoms with Gasteiger partial charge in [0.05, 0.1) is 0 Å². The van der Waals surface area contributed by atoms with Crippen molar-refractivity contribution in [2.45, 2.75) is 6.42 Å². The van der Waals surface area contributed by atoms with Crippen LogP contribution in [-0.4, -0.2) is 30.4 Å². The molecule has 3 heteroatoms. The topological polar surface area (TPSA) is 32.3 Å². The van der Waals surface area contributed by atoms with Crippen molar-refractivity contribution in [2.24, 2.45) is 0 Å². The average molecular weight is 242 g/mol. The van der Waals surface area contributed by atoms with E-state index < -0.39 is 0 Å². The second kappa shape index (κ2) is 5.54. The summed E-state index contributed by atoms with van der Waals surface area (Å²) in [5.41, 5.74) is 3.08. The first-order valence-corrected chi connectivity index (χ1v) is 6.14. The molecule has 94 valence electrons. The zero-order valence-electron chi connectivity index (χ0n) is 10.5. The van der Waals surface area contributed by atoms with Gasteiger partial charge in [0.25, 0.3) is 5.91 Å². The van der Waals surface area contributed by atoms with Crippen molar-refractivity contribution in [3.63, 3.8) is 0 Å². The van der Waals surface area contributed by atoms with Gasteiger partial charge in [-0.05, 0) is 24.1 Å². The van der Waals surface area contributed by atoms with Gasteiger partial charge in [0.2, 0.25) is 0 Å². The quantitative estimate of drug-likeness (QED) is 0.804. The molecule has 18 heavy (non-hydrogen) atoms. The Morgan fingerprint density at radius 3 is 2.72 bits per heavy atom. The number of carbonyl (C=O) groups is 1. The van der Waals surface area contributed by atoms with Crippen LogP contribution < -0.4 is 5.32 Å². The Hall–Kier alpha value is -2.03. The van der Waals surface area contributed by atoms with Gasteiger partial charge in [-0.1, -0.05) is 18.2 Å². The van der Waals surface area contributed by atoms with Crippen molar-refractivity contribution in [3.8, 4) is 0 Å². The van der Waals surface area contributed by atoms with E-state index in [0.717, 1.165) is 18.7 Å². The number of nitrogens with zero attached hydrogens (tertiary/aromatic N) is 1. The third kappa shape index (κ3) is 2.45. The first-order valence-electron chi connectivity index (χ1n) is 6.14. The molecule has 0 saturated carbocycles. The first kappa shape index (κ1) is 12.4. The van der Waals surface area contributed by atoms with Gasteiger partial charge in [-0.2, -0.15) is 0 Å². The van der Waals surface area contributed by atoms with Crippen LogP contribution in [0.3, 0.4) is 0 Å². The molecule has 1 aromatic rings. The Morgan fingerprint density at radius 2 is 2.06 bits per heavy atom. The first-order chi connectivity index (χ1) is 8.76. The van der Waals surface area contributed by atoms with Crippen LogP contribution in [0.2, 0.25) is 0 Å². The van der Waals surface area contributed by atoms with Crippen LogP contribution in [0, 0.1) is 0 Å². The number of benzene rings is 1. The highest BCUT2D eigenvalue weighted by molar-refractivity contribution is 5.95. The van der Waals surface area contributed by atoms with Gasteiger partial charge in [0, 0.05) is 30.9 Å². The molecule has 0 spiro atoms. The van der Waals surface area contributed by atoms with E-state index in [9.17, 15) is 4.79 Å². The van der Waals surface area contributed by atoms with E-state index in [0.29, 0.717) is 18.7 Å². The molecule has 0 aliphatic carbocycles. The second-order valence-electron chi connectivity index (χ2n) is 4.34. The zero-order chi connectivity index (χ0) is 13.0. The number of hydrogen-bond acceptors (Lipinski definition) is 2. The Morgan fingerprint density at radius 1 is 1.33 bits per heavy atom. The zero-order valence-corrected chi connectivity index (χ0v) is 10.5. The third-order valence-electron chi connectivity index (χ3n) is 3.05. The van der Waals surface area contributed by atoms with Gasteiger partial charge in [-0.3, -0.25) is 4.79 Å². The number of nitrogens with one attached hydrogen (secondary N) is 1. The van der Waals surface area contributed by atoms with Crippen molar-refractivity contribution in [2.75, 3.05) is 25.0 Å². The SMILES string of the molecule is C=CCN(CC=C)C(=O)c1ccc2c(c1)NCC2. The molecule has 1 heterocycles. The van der Waals surface area contributed by atoms with Gasteiger partial charge < -0.3 is 10.2 Å². The highest BCUT2D eigenvalue weighted by Crippen LogP contribution is 2.23. The molecular weight excluding hydrogens is 224 g/mol. The lowest BCUT2D eigenvalue weighted by Crippen LogP contribution is -2.31. The largest absolute Gasteiger partial charge is 0.384 e. The Kier molecular flexibility index (Phi) is 3.82. The van der Waals surface area contributed by atoms with Crippen LogP contribution in [0.25, 0.3) is 0 Å². The van der Waals surface area contributed by atoms with Crippen LogP contribution in [0.15, 0.2) is 43.5 Å². The molecule has 0 fully saturated rings. The lowest BCUT2D eigenvalue weighted by Gasteiger charge is -2.19. The molecule has 0 aromatic heterocycles. The molecule has 3 nitrogen and oxygen atoms in total. The summed E-state index contributed by atoms with van der Waals surface area (Å²) in [6.07, 6.45) is 4.49. The number of anilines is 1. The second-order valence-corrected chi connectivity index (χ2v) is 4.34. The molecule has 1 aliphatic rings. The lowest BCUT2D eigenvalue weighted by atomic mass is 10.1. The fourth-order valence-electron chi connectivity index (χ4n) is 2.16. The molecular formula is C15H18N2O. The normalized spacial score (nSPS) is 12.4. The Bertz CT molecular complexity index is 469. The third-order valence-corrected chi connectivity index (χ3v) is 3.05. The van der Waals surface area contributed by atoms with E-state index in [1.54, 1.807) is 17.1 Å². The summed E-state index contributed by atoms with van der Waals surface area (Å²) in [5.74, 6) is 0.0197. The molecule has 1 amide bonds. The predicted octanol–water partition coefficient (Wildman–Crippen LogP) is 2.47. The van der Waals surface area contributed by atoms with E-state index >= 15 is 0 Å². The molecule has 0 bridgehead atoms. The van der Waals surface area contributed by atoms with Crippen molar-refractivity contribution >= 4 is 11.6 Å². The summed E-state index contributed by atoms with van der Waals surface area (Å²) in [5, 5.41) is 3.29. The molecule has 1 aromatic carbocycles. The molecule has 1 aliphatic heterocycles. The van der Waals surface area contributed by atoms with Gasteiger partial charge in [-0.15, -0.1) is 13.2 Å². The van der Waals surface area contributed by atoms with Crippen molar-refractivity contribution in [1.82, 2.24) is 4.90 Å². The minimum absolute atomic E-state index is 0.0197. The van der Waals surface area contributed by atoms with Gasteiger partial charge >= 0.3 is 0 Å². The van der Waals surface area contributed by atoms with Gasteiger partial charge in [0.1, 0.15) is 0 Å². The van der Waals surface area contributed by atoms with Crippen LogP contribution in [0.4, 0.5) is 5.69 Å². The maximum atomic E-state index is 12.3. The number of amides is 1. The van der Waals surface area contributed by atoms with Gasteiger partial charge in [-0.25, -0.2) is 0 Å². The van der Waals surface area contributed by atoms with Crippen LogP contribution in [-0.2, 0) is 6.42 Å². The van der Waals surface area contributed by atoms with E-state index in [2.05, 4.69) is 18.5 Å².